The van der Waals surface area contributed by atoms with Gasteiger partial charge in [-0.1, -0.05) is 30.7 Å². The predicted molar refractivity (Wildman–Crippen MR) is 81.8 cm³/mol. The molecule has 116 valence electrons. The molecule has 1 aliphatic carbocycles. The summed E-state index contributed by atoms with van der Waals surface area (Å²) in [6, 6.07) is 7.89. The van der Waals surface area contributed by atoms with Crippen LogP contribution in [0.5, 0.6) is 5.75 Å². The molecule has 2 atom stereocenters. The summed E-state index contributed by atoms with van der Waals surface area (Å²) in [5, 5.41) is 4.14. The molecular formula is C16H22ClNO3. The lowest BCUT2D eigenvalue weighted by Gasteiger charge is -2.41. The highest BCUT2D eigenvalue weighted by Gasteiger charge is 2.46. The van der Waals surface area contributed by atoms with Crippen molar-refractivity contribution < 1.29 is 14.2 Å². The summed E-state index contributed by atoms with van der Waals surface area (Å²) in [5.41, 5.74) is 0. The summed E-state index contributed by atoms with van der Waals surface area (Å²) in [7, 11) is 0. The Hall–Kier alpha value is -0.810. The molecule has 0 aromatic heterocycles. The summed E-state index contributed by atoms with van der Waals surface area (Å²) in [6.07, 6.45) is 2.61. The molecule has 2 fully saturated rings. The Morgan fingerprint density at radius 2 is 2.10 bits per heavy atom. The van der Waals surface area contributed by atoms with E-state index in [1.54, 1.807) is 0 Å². The first-order valence-corrected chi connectivity index (χ1v) is 8.03. The minimum Gasteiger partial charge on any atom is -0.487 e. The number of halogens is 1. The monoisotopic (exact) mass is 311 g/mol. The van der Waals surface area contributed by atoms with Crippen LogP contribution in [0.15, 0.2) is 24.3 Å². The van der Waals surface area contributed by atoms with Gasteiger partial charge >= 0.3 is 0 Å². The average molecular weight is 312 g/mol. The number of nitrogens with one attached hydrogen (secondary N) is 1. The minimum atomic E-state index is -0.460. The number of rotatable bonds is 4. The zero-order valence-corrected chi connectivity index (χ0v) is 13.1. The fourth-order valence-corrected chi connectivity index (χ4v) is 3.37. The lowest BCUT2D eigenvalue weighted by Crippen LogP contribution is -2.53. The molecule has 0 bridgehead atoms. The number of hydrogen-bond donors (Lipinski definition) is 1. The van der Waals surface area contributed by atoms with Crippen LogP contribution < -0.4 is 10.1 Å². The Morgan fingerprint density at radius 3 is 2.81 bits per heavy atom. The van der Waals surface area contributed by atoms with Gasteiger partial charge in [-0.3, -0.25) is 0 Å². The van der Waals surface area contributed by atoms with Crippen molar-refractivity contribution in [3.8, 4) is 5.75 Å². The third-order valence-electron chi connectivity index (χ3n) is 4.19. The van der Waals surface area contributed by atoms with Crippen molar-refractivity contribution in [2.45, 2.75) is 44.1 Å². The summed E-state index contributed by atoms with van der Waals surface area (Å²) in [4.78, 5) is 0. The molecule has 1 spiro atoms. The molecule has 1 N–H and O–H groups in total. The molecule has 0 amide bonds. The molecular weight excluding hydrogens is 290 g/mol. The van der Waals surface area contributed by atoms with Gasteiger partial charge in [-0.2, -0.15) is 0 Å². The molecule has 5 heteroatoms. The first-order chi connectivity index (χ1) is 10.2. The van der Waals surface area contributed by atoms with Crippen molar-refractivity contribution in [3.05, 3.63) is 29.3 Å². The minimum absolute atomic E-state index is 0.00306. The lowest BCUT2D eigenvalue weighted by atomic mass is 9.87. The first-order valence-electron chi connectivity index (χ1n) is 7.65. The zero-order valence-electron chi connectivity index (χ0n) is 12.3. The van der Waals surface area contributed by atoms with Crippen LogP contribution in [0.3, 0.4) is 0 Å². The highest BCUT2D eigenvalue weighted by atomic mass is 35.5. The summed E-state index contributed by atoms with van der Waals surface area (Å²) in [6.45, 7) is 4.37. The maximum atomic E-state index is 6.21. The largest absolute Gasteiger partial charge is 0.487 e. The van der Waals surface area contributed by atoms with E-state index in [0.29, 0.717) is 24.3 Å². The van der Waals surface area contributed by atoms with Crippen LogP contribution in [0.2, 0.25) is 5.02 Å². The summed E-state index contributed by atoms with van der Waals surface area (Å²) < 4.78 is 17.9. The standard InChI is InChI=1S/C16H22ClNO3/c1-2-18-13-7-8-16(19-9-10-20-16)11-15(13)21-14-6-4-3-5-12(14)17/h3-6,13,15,18H,2,7-11H2,1H3. The number of para-hydroxylation sites is 1. The van der Waals surface area contributed by atoms with Gasteiger partial charge in [0.05, 0.1) is 18.2 Å². The van der Waals surface area contributed by atoms with E-state index in [-0.39, 0.29) is 6.10 Å². The third kappa shape index (κ3) is 3.34. The smallest absolute Gasteiger partial charge is 0.172 e. The SMILES string of the molecule is CCNC1CCC2(CC1Oc1ccccc1Cl)OCCO2. The van der Waals surface area contributed by atoms with Gasteiger partial charge in [0, 0.05) is 18.9 Å². The van der Waals surface area contributed by atoms with E-state index in [0.717, 1.165) is 31.6 Å². The van der Waals surface area contributed by atoms with Crippen LogP contribution >= 0.6 is 11.6 Å². The molecule has 1 aromatic carbocycles. The Morgan fingerprint density at radius 1 is 1.33 bits per heavy atom. The molecule has 2 aliphatic rings. The Labute approximate surface area is 130 Å². The molecule has 1 saturated heterocycles. The van der Waals surface area contributed by atoms with Crippen LogP contribution in [-0.2, 0) is 9.47 Å². The molecule has 1 saturated carbocycles. The second-order valence-electron chi connectivity index (χ2n) is 5.60. The van der Waals surface area contributed by atoms with Gasteiger partial charge in [-0.15, -0.1) is 0 Å². The molecule has 21 heavy (non-hydrogen) atoms. The van der Waals surface area contributed by atoms with Crippen LogP contribution in [0, 0.1) is 0 Å². The van der Waals surface area contributed by atoms with E-state index in [2.05, 4.69) is 12.2 Å². The third-order valence-corrected chi connectivity index (χ3v) is 4.50. The van der Waals surface area contributed by atoms with Gasteiger partial charge in [-0.25, -0.2) is 0 Å². The zero-order chi connectivity index (χ0) is 14.7. The van der Waals surface area contributed by atoms with E-state index >= 15 is 0 Å². The van der Waals surface area contributed by atoms with Crippen molar-refractivity contribution in [1.29, 1.82) is 0 Å². The van der Waals surface area contributed by atoms with Gasteiger partial charge in [0.2, 0.25) is 0 Å². The Bertz CT molecular complexity index is 476. The molecule has 1 heterocycles. The maximum Gasteiger partial charge on any atom is 0.172 e. The normalized spacial score (nSPS) is 27.9. The molecule has 3 rings (SSSR count). The van der Waals surface area contributed by atoms with E-state index < -0.39 is 5.79 Å². The number of ether oxygens (including phenoxy) is 3. The Kier molecular flexibility index (Phi) is 4.69. The second-order valence-corrected chi connectivity index (χ2v) is 6.01. The van der Waals surface area contributed by atoms with Crippen molar-refractivity contribution in [2.75, 3.05) is 19.8 Å². The first kappa shape index (κ1) is 15.1. The van der Waals surface area contributed by atoms with Crippen LogP contribution in [0.1, 0.15) is 26.2 Å². The molecule has 4 nitrogen and oxygen atoms in total. The lowest BCUT2D eigenvalue weighted by molar-refractivity contribution is -0.197. The molecule has 1 aliphatic heterocycles. The molecule has 1 aromatic rings. The Balaban J connectivity index is 1.75. The average Bonchev–Trinajstić information content (AvgIpc) is 2.93. The van der Waals surface area contributed by atoms with Crippen molar-refractivity contribution in [1.82, 2.24) is 5.32 Å². The van der Waals surface area contributed by atoms with Gasteiger partial charge in [0.25, 0.3) is 0 Å². The quantitative estimate of drug-likeness (QED) is 0.928. The summed E-state index contributed by atoms with van der Waals surface area (Å²) >= 11 is 6.21. The number of likely N-dealkylation sites (N-methyl/N-ethyl adjacent to an activating group) is 1. The van der Waals surface area contributed by atoms with Gasteiger partial charge in [0.1, 0.15) is 11.9 Å². The van der Waals surface area contributed by atoms with Crippen LogP contribution in [0.25, 0.3) is 0 Å². The number of hydrogen-bond acceptors (Lipinski definition) is 4. The maximum absolute atomic E-state index is 6.21. The molecule has 2 unspecified atom stereocenters. The van der Waals surface area contributed by atoms with E-state index in [4.69, 9.17) is 25.8 Å². The second kappa shape index (κ2) is 6.53. The number of benzene rings is 1. The van der Waals surface area contributed by atoms with Gasteiger partial charge in [0.15, 0.2) is 5.79 Å². The fraction of sp³-hybridized carbons (Fsp3) is 0.625. The van der Waals surface area contributed by atoms with E-state index in [1.165, 1.54) is 0 Å². The predicted octanol–water partition coefficient (Wildman–Crippen LogP) is 2.99. The van der Waals surface area contributed by atoms with Crippen molar-refractivity contribution >= 4 is 11.6 Å². The van der Waals surface area contributed by atoms with E-state index in [1.807, 2.05) is 24.3 Å². The van der Waals surface area contributed by atoms with Crippen molar-refractivity contribution in [2.24, 2.45) is 0 Å². The van der Waals surface area contributed by atoms with Crippen molar-refractivity contribution in [3.63, 3.8) is 0 Å². The highest BCUT2D eigenvalue weighted by molar-refractivity contribution is 6.32. The summed E-state index contributed by atoms with van der Waals surface area (Å²) in [5.74, 6) is 0.264. The van der Waals surface area contributed by atoms with Gasteiger partial charge < -0.3 is 19.5 Å². The highest BCUT2D eigenvalue weighted by Crippen LogP contribution is 2.38. The van der Waals surface area contributed by atoms with Crippen LogP contribution in [-0.4, -0.2) is 37.7 Å². The topological polar surface area (TPSA) is 39.7 Å². The molecule has 0 radical (unpaired) electrons. The van der Waals surface area contributed by atoms with E-state index in [9.17, 15) is 0 Å². The van der Waals surface area contributed by atoms with Gasteiger partial charge in [-0.05, 0) is 25.1 Å². The fourth-order valence-electron chi connectivity index (χ4n) is 3.19. The van der Waals surface area contributed by atoms with Crippen LogP contribution in [0.4, 0.5) is 0 Å².